The quantitative estimate of drug-likeness (QED) is 0.615. The number of rotatable bonds is 5. The summed E-state index contributed by atoms with van der Waals surface area (Å²) in [7, 11) is 1.84. The summed E-state index contributed by atoms with van der Waals surface area (Å²) in [5, 5.41) is 16.9. The van der Waals surface area contributed by atoms with Gasteiger partial charge in [-0.3, -0.25) is 0 Å². The molecule has 0 aromatic heterocycles. The number of aliphatic hydroxyl groups is 1. The summed E-state index contributed by atoms with van der Waals surface area (Å²) in [4.78, 5) is 1.92. The number of nitrogens with zero attached hydrogens (tertiary/aromatic N) is 3. The lowest BCUT2D eigenvalue weighted by atomic mass is 10.2. The molecule has 0 spiro atoms. The van der Waals surface area contributed by atoms with E-state index in [0.29, 0.717) is 12.2 Å². The lowest BCUT2D eigenvalue weighted by Gasteiger charge is -2.27. The van der Waals surface area contributed by atoms with Crippen LogP contribution in [-0.4, -0.2) is 52.9 Å². The molecule has 2 heterocycles. The number of nitrogens with two attached hydrogens (primary N) is 1. The van der Waals surface area contributed by atoms with E-state index >= 15 is 0 Å². The maximum atomic E-state index is 10.0. The molecule has 0 aromatic rings. The molecule has 0 aliphatic carbocycles. The Bertz CT molecular complexity index is 379. The fraction of sp³-hybridized carbons (Fsp3) is 0.500. The van der Waals surface area contributed by atoms with Gasteiger partial charge >= 0.3 is 0 Å². The average molecular weight is 251 g/mol. The van der Waals surface area contributed by atoms with E-state index in [4.69, 9.17) is 5.73 Å². The van der Waals surface area contributed by atoms with E-state index in [1.54, 1.807) is 6.20 Å². The normalized spacial score (nSPS) is 23.9. The molecule has 2 rings (SSSR count). The van der Waals surface area contributed by atoms with Crippen LogP contribution in [0.25, 0.3) is 0 Å². The summed E-state index contributed by atoms with van der Waals surface area (Å²) < 4.78 is 0. The first kappa shape index (κ1) is 12.8. The van der Waals surface area contributed by atoms with E-state index in [1.165, 1.54) is 0 Å². The van der Waals surface area contributed by atoms with Crippen LogP contribution in [-0.2, 0) is 0 Å². The zero-order valence-electron chi connectivity index (χ0n) is 10.7. The summed E-state index contributed by atoms with van der Waals surface area (Å²) in [6.07, 6.45) is 5.82. The highest BCUT2D eigenvalue weighted by molar-refractivity contribution is 5.22. The number of fused-ring (bicyclic) bond motifs is 1. The van der Waals surface area contributed by atoms with Crippen molar-refractivity contribution in [3.05, 3.63) is 36.6 Å². The van der Waals surface area contributed by atoms with Crippen LogP contribution in [0.3, 0.4) is 0 Å². The predicted octanol–water partition coefficient (Wildman–Crippen LogP) is -0.452. The van der Waals surface area contributed by atoms with Gasteiger partial charge in [0.25, 0.3) is 0 Å². The molecule has 2 aliphatic rings. The summed E-state index contributed by atoms with van der Waals surface area (Å²) in [5.74, 6) is 0. The molecule has 0 radical (unpaired) electrons. The largest absolute Gasteiger partial charge is 0.397 e. The Hall–Kier alpha value is -1.66. The third-order valence-electron chi connectivity index (χ3n) is 3.27. The van der Waals surface area contributed by atoms with Crippen molar-refractivity contribution in [2.24, 2.45) is 5.73 Å². The van der Waals surface area contributed by atoms with Gasteiger partial charge in [0.05, 0.1) is 17.9 Å². The second-order valence-electron chi connectivity index (χ2n) is 4.37. The van der Waals surface area contributed by atoms with Gasteiger partial charge in [-0.1, -0.05) is 6.58 Å². The summed E-state index contributed by atoms with van der Waals surface area (Å²) in [6, 6.07) is 0. The second kappa shape index (κ2) is 5.32. The van der Waals surface area contributed by atoms with Gasteiger partial charge in [-0.15, -0.1) is 0 Å². The Morgan fingerprint density at radius 3 is 3.06 bits per heavy atom. The third kappa shape index (κ3) is 2.16. The van der Waals surface area contributed by atoms with E-state index in [-0.39, 0.29) is 0 Å². The smallest absolute Gasteiger partial charge is 0.166 e. The van der Waals surface area contributed by atoms with Crippen molar-refractivity contribution in [2.45, 2.75) is 12.6 Å². The number of hydrazine groups is 1. The Morgan fingerprint density at radius 1 is 1.61 bits per heavy atom. The first-order valence-electron chi connectivity index (χ1n) is 6.12. The maximum absolute atomic E-state index is 10.0. The molecular formula is C12H21N5O. The Kier molecular flexibility index (Phi) is 3.78. The molecule has 1 saturated heterocycles. The van der Waals surface area contributed by atoms with Crippen molar-refractivity contribution in [1.82, 2.24) is 20.2 Å². The molecule has 0 amide bonds. The Balaban J connectivity index is 2.11. The molecule has 100 valence electrons. The summed E-state index contributed by atoms with van der Waals surface area (Å²) in [5.41, 5.74) is 7.49. The van der Waals surface area contributed by atoms with Crippen LogP contribution in [0.2, 0.25) is 0 Å². The molecule has 6 heteroatoms. The van der Waals surface area contributed by atoms with E-state index in [9.17, 15) is 5.11 Å². The van der Waals surface area contributed by atoms with E-state index in [2.05, 4.69) is 16.9 Å². The topological polar surface area (TPSA) is 68.0 Å². The molecule has 6 nitrogen and oxygen atoms in total. The third-order valence-corrected chi connectivity index (χ3v) is 3.27. The molecule has 1 atom stereocenters. The second-order valence-corrected chi connectivity index (χ2v) is 4.37. The molecular weight excluding hydrogens is 230 g/mol. The zero-order chi connectivity index (χ0) is 13.1. The fourth-order valence-corrected chi connectivity index (χ4v) is 2.33. The number of nitrogens with one attached hydrogen (secondary N) is 1. The van der Waals surface area contributed by atoms with Crippen molar-refractivity contribution in [1.29, 1.82) is 0 Å². The fourth-order valence-electron chi connectivity index (χ4n) is 2.33. The number of hydrogen-bond acceptors (Lipinski definition) is 6. The summed E-state index contributed by atoms with van der Waals surface area (Å²) >= 11 is 0. The molecule has 0 aromatic carbocycles. The predicted molar refractivity (Wildman–Crippen MR) is 70.4 cm³/mol. The van der Waals surface area contributed by atoms with Crippen LogP contribution in [0, 0.1) is 0 Å². The molecule has 0 bridgehead atoms. The summed E-state index contributed by atoms with van der Waals surface area (Å²) in [6.45, 7) is 6.15. The van der Waals surface area contributed by atoms with Crippen LogP contribution in [0.4, 0.5) is 0 Å². The maximum Gasteiger partial charge on any atom is 0.166 e. The van der Waals surface area contributed by atoms with Crippen molar-refractivity contribution in [3.63, 3.8) is 0 Å². The van der Waals surface area contributed by atoms with Gasteiger partial charge in [0.1, 0.15) is 0 Å². The van der Waals surface area contributed by atoms with Gasteiger partial charge in [-0.25, -0.2) is 0 Å². The molecule has 1 unspecified atom stereocenters. The first-order chi connectivity index (χ1) is 8.69. The van der Waals surface area contributed by atoms with Crippen molar-refractivity contribution in [2.75, 3.05) is 26.7 Å². The average Bonchev–Trinajstić information content (AvgIpc) is 2.93. The van der Waals surface area contributed by atoms with Gasteiger partial charge in [0.15, 0.2) is 6.23 Å². The van der Waals surface area contributed by atoms with Crippen LogP contribution in [0.5, 0.6) is 0 Å². The van der Waals surface area contributed by atoms with E-state index < -0.39 is 6.23 Å². The van der Waals surface area contributed by atoms with Gasteiger partial charge < -0.3 is 26.1 Å². The molecule has 1 fully saturated rings. The van der Waals surface area contributed by atoms with E-state index in [1.807, 2.05) is 29.4 Å². The highest BCUT2D eigenvalue weighted by Gasteiger charge is 2.39. The molecule has 4 N–H and O–H groups in total. The minimum absolute atomic E-state index is 0.541. The van der Waals surface area contributed by atoms with Gasteiger partial charge in [-0.2, -0.15) is 5.01 Å². The van der Waals surface area contributed by atoms with Gasteiger partial charge in [0, 0.05) is 32.5 Å². The SMILES string of the molecule is C=CN(/C=C\NC)CC1=C(N)C(O)N2CCCN12. The molecule has 2 aliphatic heterocycles. The Labute approximate surface area is 108 Å². The molecule has 18 heavy (non-hydrogen) atoms. The number of aliphatic hydroxyl groups excluding tert-OH is 1. The van der Waals surface area contributed by atoms with Crippen molar-refractivity contribution in [3.8, 4) is 0 Å². The van der Waals surface area contributed by atoms with Crippen LogP contribution in [0.1, 0.15) is 6.42 Å². The minimum atomic E-state index is -0.678. The van der Waals surface area contributed by atoms with Crippen molar-refractivity contribution >= 4 is 0 Å². The monoisotopic (exact) mass is 251 g/mol. The van der Waals surface area contributed by atoms with Crippen LogP contribution < -0.4 is 11.1 Å². The highest BCUT2D eigenvalue weighted by Crippen LogP contribution is 2.29. The van der Waals surface area contributed by atoms with Crippen molar-refractivity contribution < 1.29 is 5.11 Å². The lowest BCUT2D eigenvalue weighted by molar-refractivity contribution is -0.0449. The van der Waals surface area contributed by atoms with Crippen LogP contribution >= 0.6 is 0 Å². The van der Waals surface area contributed by atoms with Gasteiger partial charge in [0.2, 0.25) is 0 Å². The first-order valence-corrected chi connectivity index (χ1v) is 6.12. The molecule has 0 saturated carbocycles. The number of hydrogen-bond donors (Lipinski definition) is 3. The standard InChI is InChI=1S/C12H21N5O/c1-3-15(8-5-14-2)9-10-11(13)12(18)17-7-4-6-16(10)17/h3,5,8,12,14,18H,1,4,6-7,9,13H2,2H3/b8-5-. The highest BCUT2D eigenvalue weighted by atomic mass is 16.3. The Morgan fingerprint density at radius 2 is 2.39 bits per heavy atom. The van der Waals surface area contributed by atoms with Crippen LogP contribution in [0.15, 0.2) is 36.6 Å². The van der Waals surface area contributed by atoms with E-state index in [0.717, 1.165) is 25.2 Å². The zero-order valence-corrected chi connectivity index (χ0v) is 10.7. The lowest BCUT2D eigenvalue weighted by Crippen LogP contribution is -2.38. The van der Waals surface area contributed by atoms with Gasteiger partial charge in [-0.05, 0) is 12.6 Å². The minimum Gasteiger partial charge on any atom is -0.397 e.